The molecule has 3 heterocycles. The number of imidazole rings is 1. The first-order valence-electron chi connectivity index (χ1n) is 9.91. The highest BCUT2D eigenvalue weighted by molar-refractivity contribution is 7.23. The van der Waals surface area contributed by atoms with E-state index in [4.69, 9.17) is 10.7 Å². The monoisotopic (exact) mass is 391 g/mol. The predicted molar refractivity (Wildman–Crippen MR) is 118 cm³/mol. The number of fused-ring (bicyclic) bond motifs is 3. The third kappa shape index (κ3) is 3.28. The van der Waals surface area contributed by atoms with Crippen molar-refractivity contribution < 1.29 is 0 Å². The molecule has 0 amide bonds. The molecule has 5 rings (SSSR count). The van der Waals surface area contributed by atoms with E-state index in [1.807, 2.05) is 24.3 Å². The van der Waals surface area contributed by atoms with Crippen LogP contribution in [-0.2, 0) is 6.54 Å². The topological polar surface area (TPSA) is 49.8 Å². The van der Waals surface area contributed by atoms with Crippen LogP contribution in [0, 0.1) is 0 Å². The quantitative estimate of drug-likeness (QED) is 0.536. The van der Waals surface area contributed by atoms with E-state index in [9.17, 15) is 0 Å². The van der Waals surface area contributed by atoms with Crippen LogP contribution in [0.3, 0.4) is 0 Å². The average molecular weight is 392 g/mol. The molecular formula is C22H25N5S. The number of rotatable bonds is 4. The number of hydrogen-bond donors (Lipinski definition) is 1. The summed E-state index contributed by atoms with van der Waals surface area (Å²) in [6.45, 7) is 9.11. The van der Waals surface area contributed by atoms with Crippen LogP contribution in [0.4, 0.5) is 5.69 Å². The molecule has 4 aromatic rings. The first-order valence-corrected chi connectivity index (χ1v) is 10.7. The summed E-state index contributed by atoms with van der Waals surface area (Å²) >= 11 is 1.76. The number of aromatic nitrogens is 2. The molecule has 144 valence electrons. The smallest absolute Gasteiger partial charge is 0.195 e. The Balaban J connectivity index is 1.39. The maximum Gasteiger partial charge on any atom is 0.195 e. The summed E-state index contributed by atoms with van der Waals surface area (Å²) in [5.74, 6) is 0. The zero-order chi connectivity index (χ0) is 19.1. The predicted octanol–water partition coefficient (Wildman–Crippen LogP) is 3.94. The van der Waals surface area contributed by atoms with Gasteiger partial charge in [-0.25, -0.2) is 4.98 Å². The molecule has 2 N–H and O–H groups in total. The number of hydrogen-bond acceptors (Lipinski definition) is 5. The molecule has 0 saturated carbocycles. The number of nitrogen functional groups attached to an aromatic ring is 1. The Hall–Kier alpha value is -2.41. The number of thiazole rings is 1. The van der Waals surface area contributed by atoms with Gasteiger partial charge in [-0.2, -0.15) is 0 Å². The second-order valence-corrected chi connectivity index (χ2v) is 8.52. The fraction of sp³-hybridized carbons (Fsp3) is 0.318. The highest BCUT2D eigenvalue weighted by Crippen LogP contribution is 2.30. The number of nitrogens with zero attached hydrogens (tertiary/aromatic N) is 4. The number of benzene rings is 2. The van der Waals surface area contributed by atoms with Crippen molar-refractivity contribution in [3.63, 3.8) is 0 Å². The SMILES string of the molecule is CCN1CCN(Cc2ccc3c(c2)sc2nc(-c4ccc(N)cc4)cn23)CC1. The van der Waals surface area contributed by atoms with E-state index >= 15 is 0 Å². The van der Waals surface area contributed by atoms with Gasteiger partial charge >= 0.3 is 0 Å². The molecule has 2 aromatic carbocycles. The van der Waals surface area contributed by atoms with Crippen molar-refractivity contribution in [1.29, 1.82) is 0 Å². The Kier molecular flexibility index (Phi) is 4.55. The van der Waals surface area contributed by atoms with Gasteiger partial charge in [0.25, 0.3) is 0 Å². The molecule has 1 fully saturated rings. The van der Waals surface area contributed by atoms with Crippen molar-refractivity contribution in [2.24, 2.45) is 0 Å². The zero-order valence-electron chi connectivity index (χ0n) is 16.1. The van der Waals surface area contributed by atoms with Crippen molar-refractivity contribution in [2.75, 3.05) is 38.5 Å². The van der Waals surface area contributed by atoms with Crippen molar-refractivity contribution in [1.82, 2.24) is 19.2 Å². The van der Waals surface area contributed by atoms with Crippen molar-refractivity contribution in [3.05, 3.63) is 54.2 Å². The minimum Gasteiger partial charge on any atom is -0.399 e. The Morgan fingerprint density at radius 3 is 2.50 bits per heavy atom. The lowest BCUT2D eigenvalue weighted by Gasteiger charge is -2.34. The van der Waals surface area contributed by atoms with E-state index < -0.39 is 0 Å². The lowest BCUT2D eigenvalue weighted by molar-refractivity contribution is 0.132. The van der Waals surface area contributed by atoms with Gasteiger partial charge < -0.3 is 10.6 Å². The molecule has 0 radical (unpaired) electrons. The van der Waals surface area contributed by atoms with E-state index in [0.717, 1.165) is 48.1 Å². The zero-order valence-corrected chi connectivity index (χ0v) is 17.0. The summed E-state index contributed by atoms with van der Waals surface area (Å²) in [6, 6.07) is 14.7. The Labute approximate surface area is 169 Å². The normalized spacial score (nSPS) is 16.3. The molecule has 0 spiro atoms. The van der Waals surface area contributed by atoms with Gasteiger partial charge in [0.05, 0.1) is 15.9 Å². The van der Waals surface area contributed by atoms with Gasteiger partial charge in [-0.15, -0.1) is 0 Å². The summed E-state index contributed by atoms with van der Waals surface area (Å²) in [5, 5.41) is 0. The van der Waals surface area contributed by atoms with Crippen LogP contribution >= 0.6 is 11.3 Å². The van der Waals surface area contributed by atoms with Crippen LogP contribution in [0.25, 0.3) is 26.4 Å². The standard InChI is InChI=1S/C22H25N5S/c1-2-25-9-11-26(12-10-25)14-16-3-8-20-21(13-16)28-22-24-19(15-27(20)22)17-4-6-18(23)7-5-17/h3-8,13,15H,2,9-12,14,23H2,1H3. The van der Waals surface area contributed by atoms with Crippen LogP contribution in [-0.4, -0.2) is 51.9 Å². The minimum absolute atomic E-state index is 0.777. The van der Waals surface area contributed by atoms with E-state index in [-0.39, 0.29) is 0 Å². The molecule has 1 aliphatic heterocycles. The number of nitrogens with two attached hydrogens (primary N) is 1. The highest BCUT2D eigenvalue weighted by Gasteiger charge is 2.16. The molecule has 28 heavy (non-hydrogen) atoms. The molecular weight excluding hydrogens is 366 g/mol. The van der Waals surface area contributed by atoms with E-state index in [1.54, 1.807) is 11.3 Å². The summed E-state index contributed by atoms with van der Waals surface area (Å²) in [5.41, 5.74) is 11.3. The van der Waals surface area contributed by atoms with Gasteiger partial charge in [-0.3, -0.25) is 9.30 Å². The van der Waals surface area contributed by atoms with Crippen LogP contribution in [0.1, 0.15) is 12.5 Å². The summed E-state index contributed by atoms with van der Waals surface area (Å²) < 4.78 is 3.51. The first kappa shape index (κ1) is 17.7. The Morgan fingerprint density at radius 2 is 1.75 bits per heavy atom. The van der Waals surface area contributed by atoms with Crippen LogP contribution in [0.5, 0.6) is 0 Å². The van der Waals surface area contributed by atoms with Crippen LogP contribution in [0.15, 0.2) is 48.7 Å². The van der Waals surface area contributed by atoms with E-state index in [1.165, 1.54) is 28.9 Å². The average Bonchev–Trinajstić information content (AvgIpc) is 3.27. The first-order chi connectivity index (χ1) is 13.7. The van der Waals surface area contributed by atoms with E-state index in [2.05, 4.69) is 45.5 Å². The molecule has 0 aliphatic carbocycles. The minimum atomic E-state index is 0.777. The van der Waals surface area contributed by atoms with Crippen LogP contribution < -0.4 is 5.73 Å². The fourth-order valence-corrected chi connectivity index (χ4v) is 5.03. The maximum absolute atomic E-state index is 5.80. The van der Waals surface area contributed by atoms with Crippen molar-refractivity contribution in [3.8, 4) is 11.3 Å². The van der Waals surface area contributed by atoms with Gasteiger partial charge in [-0.05, 0) is 36.4 Å². The second-order valence-electron chi connectivity index (χ2n) is 7.52. The largest absolute Gasteiger partial charge is 0.399 e. The van der Waals surface area contributed by atoms with Gasteiger partial charge in [-0.1, -0.05) is 36.5 Å². The number of anilines is 1. The second kappa shape index (κ2) is 7.20. The number of likely N-dealkylation sites (N-methyl/N-ethyl adjacent to an activating group) is 1. The van der Waals surface area contributed by atoms with Gasteiger partial charge in [0, 0.05) is 50.2 Å². The lowest BCUT2D eigenvalue weighted by atomic mass is 10.1. The van der Waals surface area contributed by atoms with E-state index in [0.29, 0.717) is 0 Å². The molecule has 0 atom stereocenters. The van der Waals surface area contributed by atoms with Gasteiger partial charge in [0.2, 0.25) is 0 Å². The summed E-state index contributed by atoms with van der Waals surface area (Å²) in [6.07, 6.45) is 2.13. The molecule has 1 aliphatic rings. The molecule has 5 nitrogen and oxygen atoms in total. The third-order valence-electron chi connectivity index (χ3n) is 5.68. The van der Waals surface area contributed by atoms with Gasteiger partial charge in [0.15, 0.2) is 4.96 Å². The summed E-state index contributed by atoms with van der Waals surface area (Å²) in [7, 11) is 0. The fourth-order valence-electron chi connectivity index (χ4n) is 3.96. The van der Waals surface area contributed by atoms with Crippen molar-refractivity contribution >= 4 is 32.2 Å². The lowest BCUT2D eigenvalue weighted by Crippen LogP contribution is -2.45. The molecule has 0 bridgehead atoms. The number of piperazine rings is 1. The molecule has 1 saturated heterocycles. The molecule has 0 unspecified atom stereocenters. The maximum atomic E-state index is 5.80. The highest BCUT2D eigenvalue weighted by atomic mass is 32.1. The summed E-state index contributed by atoms with van der Waals surface area (Å²) in [4.78, 5) is 11.0. The molecule has 2 aromatic heterocycles. The Morgan fingerprint density at radius 1 is 1.00 bits per heavy atom. The third-order valence-corrected chi connectivity index (χ3v) is 6.70. The molecule has 6 heteroatoms. The van der Waals surface area contributed by atoms with Gasteiger partial charge in [0.1, 0.15) is 0 Å². The van der Waals surface area contributed by atoms with Crippen molar-refractivity contribution in [2.45, 2.75) is 13.5 Å². The van der Waals surface area contributed by atoms with Crippen LogP contribution in [0.2, 0.25) is 0 Å². The Bertz CT molecular complexity index is 1100.